The van der Waals surface area contributed by atoms with E-state index in [0.29, 0.717) is 29.8 Å². The van der Waals surface area contributed by atoms with Gasteiger partial charge in [0.05, 0.1) is 12.2 Å². The quantitative estimate of drug-likeness (QED) is 0.524. The van der Waals surface area contributed by atoms with Gasteiger partial charge in [-0.15, -0.1) is 0 Å². The Labute approximate surface area is 184 Å². The maximum Gasteiger partial charge on any atom is 0.415 e. The van der Waals surface area contributed by atoms with Crippen LogP contribution in [0.2, 0.25) is 0 Å². The third kappa shape index (κ3) is 3.21. The second kappa shape index (κ2) is 7.74. The van der Waals surface area contributed by atoms with Crippen molar-refractivity contribution in [1.29, 1.82) is 0 Å². The molecule has 9 heteroatoms. The Bertz CT molecular complexity index is 1240. The normalized spacial score (nSPS) is 19.6. The average molecular weight is 429 g/mol. The molecule has 2 fully saturated rings. The summed E-state index contributed by atoms with van der Waals surface area (Å²) in [5, 5.41) is 11.3. The number of cyclic esters (lactones) is 1. The molecule has 1 unspecified atom stereocenters. The summed E-state index contributed by atoms with van der Waals surface area (Å²) in [5.74, 6) is 1.73. The number of benzene rings is 1. The summed E-state index contributed by atoms with van der Waals surface area (Å²) in [6, 6.07) is 9.85. The minimum Gasteiger partial charge on any atom is -0.447 e. The topological polar surface area (TPSA) is 101 Å². The lowest BCUT2D eigenvalue weighted by molar-refractivity contribution is 0.173. The van der Waals surface area contributed by atoms with Crippen LogP contribution in [0.15, 0.2) is 49.1 Å². The number of carbonyl (C=O) groups excluding carboxylic acids is 1. The zero-order valence-corrected chi connectivity index (χ0v) is 17.5. The third-order valence-electron chi connectivity index (χ3n) is 6.57. The number of nitrogens with zero attached hydrogens (tertiary/aromatic N) is 6. The molecule has 1 atom stereocenters. The lowest BCUT2D eigenvalue weighted by Gasteiger charge is -2.31. The number of amides is 1. The van der Waals surface area contributed by atoms with Crippen LogP contribution in [-0.2, 0) is 4.74 Å². The minimum absolute atomic E-state index is 0.0461. The van der Waals surface area contributed by atoms with Gasteiger partial charge in [0.2, 0.25) is 0 Å². The fourth-order valence-electron chi connectivity index (χ4n) is 4.91. The zero-order chi connectivity index (χ0) is 21.5. The van der Waals surface area contributed by atoms with E-state index in [0.717, 1.165) is 29.5 Å². The minimum atomic E-state index is -0.311. The molecule has 4 heterocycles. The highest BCUT2D eigenvalue weighted by Crippen LogP contribution is 2.35. The van der Waals surface area contributed by atoms with Gasteiger partial charge in [-0.1, -0.05) is 43.5 Å². The molecule has 1 aromatic carbocycles. The highest BCUT2D eigenvalue weighted by Gasteiger charge is 2.40. The number of aromatic nitrogens is 6. The summed E-state index contributed by atoms with van der Waals surface area (Å²) in [6.45, 7) is 0.436. The van der Waals surface area contributed by atoms with Crippen LogP contribution in [0.25, 0.3) is 28.2 Å². The van der Waals surface area contributed by atoms with Crippen LogP contribution in [-0.4, -0.2) is 48.5 Å². The molecule has 1 saturated carbocycles. The maximum absolute atomic E-state index is 12.6. The van der Waals surface area contributed by atoms with Crippen molar-refractivity contribution in [3.8, 4) is 22.5 Å². The van der Waals surface area contributed by atoms with E-state index in [1.54, 1.807) is 21.9 Å². The summed E-state index contributed by atoms with van der Waals surface area (Å²) in [5.41, 5.74) is 3.51. The van der Waals surface area contributed by atoms with Crippen LogP contribution in [0.4, 0.5) is 10.6 Å². The summed E-state index contributed by atoms with van der Waals surface area (Å²) < 4.78 is 7.19. The number of rotatable bonds is 4. The van der Waals surface area contributed by atoms with Crippen molar-refractivity contribution in [2.75, 3.05) is 11.5 Å². The van der Waals surface area contributed by atoms with Crippen LogP contribution >= 0.6 is 0 Å². The average Bonchev–Trinajstić information content (AvgIpc) is 3.59. The van der Waals surface area contributed by atoms with Crippen molar-refractivity contribution in [3.63, 3.8) is 0 Å². The summed E-state index contributed by atoms with van der Waals surface area (Å²) in [6.07, 6.45) is 10.9. The molecule has 6 rings (SSSR count). The highest BCUT2D eigenvalue weighted by atomic mass is 16.6. The van der Waals surface area contributed by atoms with E-state index in [1.165, 1.54) is 19.3 Å². The largest absolute Gasteiger partial charge is 0.447 e. The molecule has 1 aliphatic carbocycles. The third-order valence-corrected chi connectivity index (χ3v) is 6.57. The lowest BCUT2D eigenvalue weighted by atomic mass is 9.84. The number of hydrogen-bond donors (Lipinski definition) is 1. The van der Waals surface area contributed by atoms with Crippen molar-refractivity contribution in [2.24, 2.45) is 5.92 Å². The van der Waals surface area contributed by atoms with Crippen molar-refractivity contribution in [1.82, 2.24) is 29.8 Å². The standard InChI is InChI=1S/C23H23N7O2/c31-23-30(19(13-32-23)16-4-2-1-3-5-16)20-10-11-29-22(27-20)18(12-26-29)15-6-8-17(9-7-15)21-24-14-25-28-21/h6-12,14,16,19H,1-5,13H2,(H,24,25,28). The Morgan fingerprint density at radius 1 is 1.03 bits per heavy atom. The monoisotopic (exact) mass is 429 g/mol. The van der Waals surface area contributed by atoms with E-state index < -0.39 is 0 Å². The van der Waals surface area contributed by atoms with Crippen LogP contribution in [0, 0.1) is 5.92 Å². The lowest BCUT2D eigenvalue weighted by Crippen LogP contribution is -2.40. The number of nitrogens with one attached hydrogen (secondary N) is 1. The van der Waals surface area contributed by atoms with Crippen LogP contribution in [0.3, 0.4) is 0 Å². The second-order valence-electron chi connectivity index (χ2n) is 8.42. The molecule has 1 saturated heterocycles. The maximum atomic E-state index is 12.6. The molecule has 9 nitrogen and oxygen atoms in total. The van der Waals surface area contributed by atoms with Gasteiger partial charge in [0, 0.05) is 17.3 Å². The van der Waals surface area contributed by atoms with Gasteiger partial charge in [-0.3, -0.25) is 10.00 Å². The van der Waals surface area contributed by atoms with Gasteiger partial charge in [0.15, 0.2) is 11.5 Å². The molecular formula is C23H23N7O2. The van der Waals surface area contributed by atoms with Gasteiger partial charge in [-0.25, -0.2) is 19.3 Å². The molecule has 1 N–H and O–H groups in total. The van der Waals surface area contributed by atoms with Crippen molar-refractivity contribution >= 4 is 17.6 Å². The molecule has 3 aromatic heterocycles. The number of anilines is 1. The molecule has 1 amide bonds. The summed E-state index contributed by atoms with van der Waals surface area (Å²) >= 11 is 0. The molecule has 4 aromatic rings. The molecule has 2 aliphatic rings. The number of ether oxygens (including phenoxy) is 1. The first-order chi connectivity index (χ1) is 15.8. The number of carbonyl (C=O) groups is 1. The van der Waals surface area contributed by atoms with Crippen LogP contribution < -0.4 is 4.90 Å². The SMILES string of the molecule is O=C1OCC(C2CCCCC2)N1c1ccn2ncc(-c3ccc(-c4nc[nH]n4)cc3)c2n1. The molecule has 0 spiro atoms. The fraction of sp³-hybridized carbons (Fsp3) is 0.348. The van der Waals surface area contributed by atoms with Crippen molar-refractivity contribution in [2.45, 2.75) is 38.1 Å². The summed E-state index contributed by atoms with van der Waals surface area (Å²) in [4.78, 5) is 23.4. The second-order valence-corrected chi connectivity index (χ2v) is 8.42. The molecule has 0 bridgehead atoms. The van der Waals surface area contributed by atoms with Gasteiger partial charge >= 0.3 is 6.09 Å². The van der Waals surface area contributed by atoms with E-state index in [4.69, 9.17) is 9.72 Å². The predicted octanol–water partition coefficient (Wildman–Crippen LogP) is 4.09. The van der Waals surface area contributed by atoms with E-state index >= 15 is 0 Å². The predicted molar refractivity (Wildman–Crippen MR) is 118 cm³/mol. The Hall–Kier alpha value is -3.75. The van der Waals surface area contributed by atoms with Gasteiger partial charge in [0.25, 0.3) is 0 Å². The first-order valence-corrected chi connectivity index (χ1v) is 11.0. The van der Waals surface area contributed by atoms with Gasteiger partial charge in [-0.2, -0.15) is 10.2 Å². The number of hydrogen-bond acceptors (Lipinski definition) is 6. The van der Waals surface area contributed by atoms with Crippen LogP contribution in [0.5, 0.6) is 0 Å². The van der Waals surface area contributed by atoms with E-state index in [1.807, 2.05) is 36.5 Å². The van der Waals surface area contributed by atoms with Crippen molar-refractivity contribution in [3.05, 3.63) is 49.1 Å². The summed E-state index contributed by atoms with van der Waals surface area (Å²) in [7, 11) is 0. The molecule has 0 radical (unpaired) electrons. The Morgan fingerprint density at radius 2 is 1.84 bits per heavy atom. The highest BCUT2D eigenvalue weighted by molar-refractivity contribution is 5.90. The van der Waals surface area contributed by atoms with Gasteiger partial charge in [0.1, 0.15) is 18.8 Å². The van der Waals surface area contributed by atoms with Gasteiger partial charge in [-0.05, 0) is 30.4 Å². The van der Waals surface area contributed by atoms with E-state index in [9.17, 15) is 4.79 Å². The first-order valence-electron chi connectivity index (χ1n) is 11.0. The van der Waals surface area contributed by atoms with Gasteiger partial charge < -0.3 is 4.74 Å². The molecular weight excluding hydrogens is 406 g/mol. The van der Waals surface area contributed by atoms with Crippen LogP contribution in [0.1, 0.15) is 32.1 Å². The Morgan fingerprint density at radius 3 is 2.62 bits per heavy atom. The molecule has 162 valence electrons. The molecule has 1 aliphatic heterocycles. The van der Waals surface area contributed by atoms with E-state index in [-0.39, 0.29) is 12.1 Å². The Balaban J connectivity index is 1.35. The molecule has 32 heavy (non-hydrogen) atoms. The zero-order valence-electron chi connectivity index (χ0n) is 17.5. The van der Waals surface area contributed by atoms with E-state index in [2.05, 4.69) is 20.3 Å². The van der Waals surface area contributed by atoms with Crippen molar-refractivity contribution < 1.29 is 9.53 Å². The first kappa shape index (κ1) is 19.0. The Kier molecular flexibility index (Phi) is 4.59. The number of aromatic amines is 1. The smallest absolute Gasteiger partial charge is 0.415 e. The number of H-pyrrole nitrogens is 1. The fourth-order valence-corrected chi connectivity index (χ4v) is 4.91. The number of fused-ring (bicyclic) bond motifs is 1.